The maximum Gasteiger partial charge on any atom is 0.348 e. The molecule has 0 heterocycles. The number of anilines is 1. The van der Waals surface area contributed by atoms with Gasteiger partial charge in [-0.1, -0.05) is 96.0 Å². The molecule has 1 N–H and O–H groups in total. The van der Waals surface area contributed by atoms with Crippen LogP contribution < -0.4 is 5.09 Å². The first-order valence-corrected chi connectivity index (χ1v) is 13.6. The molecule has 0 bridgehead atoms. The fourth-order valence-corrected chi connectivity index (χ4v) is 6.00. The molecule has 0 saturated heterocycles. The van der Waals surface area contributed by atoms with Crippen molar-refractivity contribution in [1.29, 1.82) is 5.26 Å². The van der Waals surface area contributed by atoms with Crippen LogP contribution in [0.25, 0.3) is 16.1 Å². The largest absolute Gasteiger partial charge is 0.462 e. The van der Waals surface area contributed by atoms with Crippen LogP contribution in [0.3, 0.4) is 0 Å². The fraction of sp³-hybridized carbons (Fsp3) is 0.0714. The first kappa shape index (κ1) is 27.0. The predicted molar refractivity (Wildman–Crippen MR) is 148 cm³/mol. The van der Waals surface area contributed by atoms with Gasteiger partial charge in [-0.3, -0.25) is 4.57 Å². The van der Waals surface area contributed by atoms with E-state index < -0.39 is 13.3 Å². The number of halogens is 2. The molecule has 3 aromatic rings. The van der Waals surface area contributed by atoms with Crippen molar-refractivity contribution < 1.29 is 14.1 Å². The van der Waals surface area contributed by atoms with Crippen LogP contribution in [0.1, 0.15) is 23.6 Å². The van der Waals surface area contributed by atoms with E-state index in [2.05, 4.69) is 5.09 Å². The Morgan fingerprint density at radius 3 is 1.86 bits per heavy atom. The van der Waals surface area contributed by atoms with E-state index in [-0.39, 0.29) is 12.2 Å². The normalized spacial score (nSPS) is 13.9. The lowest BCUT2D eigenvalue weighted by atomic mass is 10.1. The second-order valence-corrected chi connectivity index (χ2v) is 10.5. The van der Waals surface area contributed by atoms with Gasteiger partial charge in [0.25, 0.3) is 0 Å². The Morgan fingerprint density at radius 1 is 0.917 bits per heavy atom. The predicted octanol–water partition coefficient (Wildman–Crippen LogP) is 8.32. The Morgan fingerprint density at radius 2 is 1.42 bits per heavy atom. The first-order chi connectivity index (χ1) is 17.3. The zero-order valence-corrected chi connectivity index (χ0v) is 21.8. The summed E-state index contributed by atoms with van der Waals surface area (Å²) in [4.78, 5) is 11.9. The molecule has 1 atom stereocenters. The van der Waals surface area contributed by atoms with E-state index in [0.29, 0.717) is 32.4 Å². The molecule has 0 aliphatic carbocycles. The summed E-state index contributed by atoms with van der Waals surface area (Å²) in [5, 5.41) is 12.9. The Bertz CT molecular complexity index is 1320. The second-order valence-electron chi connectivity index (χ2n) is 7.52. The molecule has 0 amide bonds. The maximum absolute atomic E-state index is 14.1. The highest BCUT2D eigenvalue weighted by Crippen LogP contribution is 2.53. The number of hydrogen-bond donors (Lipinski definition) is 1. The summed E-state index contributed by atoms with van der Waals surface area (Å²) >= 11 is 13.1. The van der Waals surface area contributed by atoms with Crippen LogP contribution in [-0.2, 0) is 14.1 Å². The van der Waals surface area contributed by atoms with E-state index in [1.807, 2.05) is 66.7 Å². The van der Waals surface area contributed by atoms with Crippen LogP contribution in [0, 0.1) is 11.3 Å². The number of nitriles is 1. The standard InChI is InChI=1S/C28H23Cl2N2O3P/c1-2-35-28(33)24(18-31)17-21-13-15-25(16-14-21)32-36(34,19-26(29)22-9-5-3-6-10-22)20-27(30)23-11-7-4-8-12-23/h3-17,19-20H,2H2,1H3,(H,32,34)/b24-17-,26-19-,27-20+. The Hall–Kier alpha value is -3.55. The van der Waals surface area contributed by atoms with Gasteiger partial charge in [-0.15, -0.1) is 0 Å². The van der Waals surface area contributed by atoms with Crippen LogP contribution in [0.4, 0.5) is 5.69 Å². The van der Waals surface area contributed by atoms with Gasteiger partial charge < -0.3 is 9.82 Å². The molecule has 0 radical (unpaired) electrons. The van der Waals surface area contributed by atoms with Crippen LogP contribution in [0.5, 0.6) is 0 Å². The molecular weight excluding hydrogens is 514 g/mol. The fourth-order valence-electron chi connectivity index (χ4n) is 3.15. The number of benzene rings is 3. The second kappa shape index (κ2) is 13.0. The van der Waals surface area contributed by atoms with Gasteiger partial charge in [0.1, 0.15) is 11.6 Å². The van der Waals surface area contributed by atoms with Crippen molar-refractivity contribution in [2.45, 2.75) is 6.92 Å². The summed E-state index contributed by atoms with van der Waals surface area (Å²) in [5.74, 6) is 2.25. The van der Waals surface area contributed by atoms with E-state index in [0.717, 1.165) is 0 Å². The van der Waals surface area contributed by atoms with Crippen LogP contribution >= 0.6 is 30.5 Å². The molecule has 0 spiro atoms. The van der Waals surface area contributed by atoms with Crippen molar-refractivity contribution in [3.8, 4) is 6.07 Å². The summed E-state index contributed by atoms with van der Waals surface area (Å²) in [5.41, 5.74) is 2.46. The average Bonchev–Trinajstić information content (AvgIpc) is 2.89. The number of nitrogens with zero attached hydrogens (tertiary/aromatic N) is 1. The highest BCUT2D eigenvalue weighted by Gasteiger charge is 2.20. The third kappa shape index (κ3) is 7.73. The van der Waals surface area contributed by atoms with Crippen molar-refractivity contribution in [3.05, 3.63) is 119 Å². The number of ether oxygens (including phenoxy) is 1. The van der Waals surface area contributed by atoms with Gasteiger partial charge in [0, 0.05) is 17.3 Å². The van der Waals surface area contributed by atoms with Crippen LogP contribution in [0.2, 0.25) is 0 Å². The molecule has 0 aromatic heterocycles. The molecule has 0 aliphatic rings. The molecule has 36 heavy (non-hydrogen) atoms. The van der Waals surface area contributed by atoms with Gasteiger partial charge in [0.2, 0.25) is 7.29 Å². The van der Waals surface area contributed by atoms with E-state index in [1.54, 1.807) is 31.2 Å². The Labute approximate surface area is 220 Å². The van der Waals surface area contributed by atoms with Gasteiger partial charge in [-0.25, -0.2) is 4.79 Å². The van der Waals surface area contributed by atoms with Crippen molar-refractivity contribution in [3.63, 3.8) is 0 Å². The average molecular weight is 537 g/mol. The van der Waals surface area contributed by atoms with E-state index in [9.17, 15) is 14.6 Å². The summed E-state index contributed by atoms with van der Waals surface area (Å²) in [6.45, 7) is 1.84. The topological polar surface area (TPSA) is 79.2 Å². The molecule has 3 rings (SSSR count). The number of esters is 1. The SMILES string of the molecule is CCOC(=O)/C(C#N)=C\c1ccc(NP(=O)(/C=C(\Cl)c2ccccc2)/C=C(/Cl)c2ccccc2)cc1. The van der Waals surface area contributed by atoms with Crippen molar-refractivity contribution in [2.75, 3.05) is 11.7 Å². The zero-order valence-electron chi connectivity index (χ0n) is 19.4. The highest BCUT2D eigenvalue weighted by atomic mass is 35.5. The number of hydrogen-bond acceptors (Lipinski definition) is 4. The molecular formula is C28H23Cl2N2O3P. The van der Waals surface area contributed by atoms with Crippen molar-refractivity contribution in [1.82, 2.24) is 0 Å². The van der Waals surface area contributed by atoms with Crippen LogP contribution in [0.15, 0.2) is 102 Å². The molecule has 0 fully saturated rings. The Kier molecular flexibility index (Phi) is 9.73. The summed E-state index contributed by atoms with van der Waals surface area (Å²) in [6, 6.07) is 27.0. The van der Waals surface area contributed by atoms with Crippen molar-refractivity contribution >= 4 is 58.3 Å². The molecule has 5 nitrogen and oxygen atoms in total. The number of carbonyl (C=O) groups is 1. The smallest absolute Gasteiger partial charge is 0.348 e. The number of carbonyl (C=O) groups excluding carboxylic acids is 1. The van der Waals surface area contributed by atoms with Gasteiger partial charge in [0.15, 0.2) is 0 Å². The molecule has 0 saturated carbocycles. The van der Waals surface area contributed by atoms with E-state index >= 15 is 0 Å². The summed E-state index contributed by atoms with van der Waals surface area (Å²) < 4.78 is 19.0. The molecule has 3 aromatic carbocycles. The summed E-state index contributed by atoms with van der Waals surface area (Å²) in [7, 11) is -3.44. The van der Waals surface area contributed by atoms with E-state index in [1.165, 1.54) is 17.7 Å². The lowest BCUT2D eigenvalue weighted by Gasteiger charge is -2.16. The monoisotopic (exact) mass is 536 g/mol. The van der Waals surface area contributed by atoms with Gasteiger partial charge in [-0.05, 0) is 41.8 Å². The minimum absolute atomic E-state index is 0.113. The van der Waals surface area contributed by atoms with E-state index in [4.69, 9.17) is 27.9 Å². The van der Waals surface area contributed by atoms with Crippen molar-refractivity contribution in [2.24, 2.45) is 0 Å². The lowest BCUT2D eigenvalue weighted by molar-refractivity contribution is -0.137. The van der Waals surface area contributed by atoms with Gasteiger partial charge >= 0.3 is 5.97 Å². The molecule has 182 valence electrons. The third-order valence-electron chi connectivity index (χ3n) is 4.85. The Balaban J connectivity index is 1.95. The minimum atomic E-state index is -3.44. The zero-order chi connectivity index (χ0) is 26.0. The molecule has 8 heteroatoms. The number of nitrogens with one attached hydrogen (secondary N) is 1. The number of rotatable bonds is 9. The molecule has 0 aliphatic heterocycles. The summed E-state index contributed by atoms with van der Waals surface area (Å²) in [6.07, 6.45) is 1.43. The minimum Gasteiger partial charge on any atom is -0.462 e. The van der Waals surface area contributed by atoms with Crippen LogP contribution in [-0.4, -0.2) is 12.6 Å². The first-order valence-electron chi connectivity index (χ1n) is 11.0. The third-order valence-corrected chi connectivity index (χ3v) is 7.70. The maximum atomic E-state index is 14.1. The molecule has 1 unspecified atom stereocenters. The lowest BCUT2D eigenvalue weighted by Crippen LogP contribution is -2.05. The van der Waals surface area contributed by atoms with Gasteiger partial charge in [-0.2, -0.15) is 5.26 Å². The quantitative estimate of drug-likeness (QED) is 0.129. The highest BCUT2D eigenvalue weighted by molar-refractivity contribution is 7.72. The van der Waals surface area contributed by atoms with Gasteiger partial charge in [0.05, 0.1) is 16.7 Å².